The normalized spacial score (nSPS) is 19.0. The van der Waals surface area contributed by atoms with Gasteiger partial charge in [-0.05, 0) is 53.4 Å². The summed E-state index contributed by atoms with van der Waals surface area (Å²) in [5.74, 6) is -4.93. The number of nitrogens with one attached hydrogen (secondary N) is 1. The van der Waals surface area contributed by atoms with Crippen molar-refractivity contribution in [2.75, 3.05) is 11.5 Å². The summed E-state index contributed by atoms with van der Waals surface area (Å²) in [5, 5.41) is 46.2. The van der Waals surface area contributed by atoms with Crippen molar-refractivity contribution in [3.63, 3.8) is 0 Å². The number of benzene rings is 1. The summed E-state index contributed by atoms with van der Waals surface area (Å²) in [7, 11) is 0. The van der Waals surface area contributed by atoms with Gasteiger partial charge in [0.05, 0.1) is 4.47 Å². The van der Waals surface area contributed by atoms with Gasteiger partial charge >= 0.3 is 11.9 Å². The Bertz CT molecular complexity index is 1540. The predicted octanol–water partition coefficient (Wildman–Crippen LogP) is 2.23. The molecule has 0 bridgehead atoms. The first kappa shape index (κ1) is 30.6. The fourth-order valence-electron chi connectivity index (χ4n) is 3.84. The van der Waals surface area contributed by atoms with Gasteiger partial charge < -0.3 is 36.3 Å². The fourth-order valence-corrected chi connectivity index (χ4v) is 7.11. The van der Waals surface area contributed by atoms with Crippen LogP contribution in [-0.4, -0.2) is 82.5 Å². The van der Waals surface area contributed by atoms with Gasteiger partial charge in [0.1, 0.15) is 22.8 Å². The lowest BCUT2D eigenvalue weighted by molar-refractivity contribution is -0.161. The van der Waals surface area contributed by atoms with Crippen molar-refractivity contribution in [1.82, 2.24) is 15.2 Å². The Morgan fingerprint density at radius 3 is 2.56 bits per heavy atom. The highest BCUT2D eigenvalue weighted by atomic mass is 79.9. The number of nitrogens with zero attached hydrogens (tertiary/aromatic N) is 3. The largest absolute Gasteiger partial charge is 0.504 e. The second kappa shape index (κ2) is 11.5. The molecule has 2 aliphatic heterocycles. The monoisotopic (exact) mass is 733 g/mol. The SMILES string of the molecule is CC(C)(O/N=C(\C(=O)NC1C(=O)N2C(C(=O)O)=C(Cc3c(Br)cc(O)c(O)c3Br)CS[C@H]12)c1csc(N)n1)C(=O)O. The van der Waals surface area contributed by atoms with E-state index >= 15 is 0 Å². The molecule has 0 spiro atoms. The standard InChI is InChI=1S/C23H21Br2N5O9S2/c1-23(2,21(37)38)39-29-13(10-6-41-22(26)27-10)17(33)28-14-18(34)30-15(20(35)36)7(5-40-19(14)30)3-8-9(24)4-11(31)16(32)12(8)25/h4,6,14,19,31-32H,3,5H2,1-2H3,(H2,26,27)(H,28,33)(H,35,36)(H,37,38)/b29-13-/t14?,19-/m1/s1. The summed E-state index contributed by atoms with van der Waals surface area (Å²) >= 11 is 8.73. The van der Waals surface area contributed by atoms with Gasteiger partial charge in [0, 0.05) is 15.6 Å². The number of thiazole rings is 1. The molecule has 2 aromatic rings. The Labute approximate surface area is 256 Å². The van der Waals surface area contributed by atoms with Crippen LogP contribution >= 0.6 is 55.0 Å². The van der Waals surface area contributed by atoms with Gasteiger partial charge in [-0.25, -0.2) is 14.6 Å². The highest BCUT2D eigenvalue weighted by molar-refractivity contribution is 9.11. The Balaban J connectivity index is 1.59. The molecular formula is C23H21Br2N5O9S2. The number of oxime groups is 1. The molecular weight excluding hydrogens is 714 g/mol. The third-order valence-corrected chi connectivity index (χ3v) is 9.63. The molecule has 2 amide bonds. The van der Waals surface area contributed by atoms with Crippen LogP contribution in [0, 0.1) is 0 Å². The Morgan fingerprint density at radius 1 is 1.29 bits per heavy atom. The van der Waals surface area contributed by atoms with Gasteiger partial charge in [-0.2, -0.15) is 0 Å². The number of thioether (sulfide) groups is 1. The highest BCUT2D eigenvalue weighted by Gasteiger charge is 2.54. The molecule has 0 saturated carbocycles. The zero-order chi connectivity index (χ0) is 30.4. The van der Waals surface area contributed by atoms with Crippen LogP contribution in [0.15, 0.2) is 36.8 Å². The molecule has 7 N–H and O–H groups in total. The van der Waals surface area contributed by atoms with E-state index in [9.17, 15) is 39.6 Å². The molecule has 0 radical (unpaired) electrons. The lowest BCUT2D eigenvalue weighted by Crippen LogP contribution is -2.71. The number of aromatic nitrogens is 1. The summed E-state index contributed by atoms with van der Waals surface area (Å²) < 4.78 is 0.573. The summed E-state index contributed by atoms with van der Waals surface area (Å²) in [4.78, 5) is 60.2. The van der Waals surface area contributed by atoms with Crippen molar-refractivity contribution in [2.45, 2.75) is 37.3 Å². The van der Waals surface area contributed by atoms with E-state index in [4.69, 9.17) is 10.6 Å². The van der Waals surface area contributed by atoms with Crippen LogP contribution in [0.3, 0.4) is 0 Å². The van der Waals surface area contributed by atoms with Gasteiger partial charge in [-0.1, -0.05) is 21.1 Å². The number of rotatable bonds is 9. The number of nitrogens with two attached hydrogens (primary N) is 1. The first-order valence-corrected chi connectivity index (χ1v) is 15.0. The Hall–Kier alpha value is -3.35. The van der Waals surface area contributed by atoms with E-state index in [0.717, 1.165) is 16.2 Å². The number of hydrogen-bond acceptors (Lipinski definition) is 12. The zero-order valence-electron chi connectivity index (χ0n) is 21.0. The summed E-state index contributed by atoms with van der Waals surface area (Å²) in [5.41, 5.74) is 4.02. The minimum atomic E-state index is -1.79. The van der Waals surface area contributed by atoms with Crippen LogP contribution < -0.4 is 11.1 Å². The molecule has 2 aliphatic rings. The van der Waals surface area contributed by atoms with E-state index < -0.39 is 52.2 Å². The predicted molar refractivity (Wildman–Crippen MR) is 154 cm³/mol. The first-order valence-electron chi connectivity index (χ1n) is 11.4. The van der Waals surface area contributed by atoms with Crippen molar-refractivity contribution < 1.29 is 44.4 Å². The number of carbonyl (C=O) groups excluding carboxylic acids is 2. The topological polar surface area (TPSA) is 225 Å². The van der Waals surface area contributed by atoms with Crippen LogP contribution in [0.25, 0.3) is 0 Å². The van der Waals surface area contributed by atoms with E-state index in [1.165, 1.54) is 37.1 Å². The molecule has 3 heterocycles. The number of carboxylic acid groups (broad SMARTS) is 2. The highest BCUT2D eigenvalue weighted by Crippen LogP contribution is 2.45. The summed E-state index contributed by atoms with van der Waals surface area (Å²) in [6.07, 6.45) is 0.0237. The lowest BCUT2D eigenvalue weighted by Gasteiger charge is -2.49. The minimum Gasteiger partial charge on any atom is -0.504 e. The second-order valence-electron chi connectivity index (χ2n) is 9.23. The number of β-lactam (4-membered cyclic amide) rings is 1. The lowest BCUT2D eigenvalue weighted by atomic mass is 9.98. The van der Waals surface area contributed by atoms with E-state index in [1.807, 2.05) is 0 Å². The number of carboxylic acids is 2. The number of nitrogen functional groups attached to an aromatic ring is 1. The Kier molecular flexibility index (Phi) is 8.58. The molecule has 41 heavy (non-hydrogen) atoms. The first-order chi connectivity index (χ1) is 19.1. The number of halogens is 2. The average molecular weight is 735 g/mol. The summed E-state index contributed by atoms with van der Waals surface area (Å²) in [6.45, 7) is 2.45. The number of phenolic OH excluding ortho intramolecular Hbond substituents is 2. The molecule has 1 unspecified atom stereocenters. The maximum Gasteiger partial charge on any atom is 0.352 e. The van der Waals surface area contributed by atoms with E-state index in [-0.39, 0.29) is 38.9 Å². The number of hydrogen-bond donors (Lipinski definition) is 6. The van der Waals surface area contributed by atoms with Gasteiger partial charge in [-0.15, -0.1) is 23.1 Å². The molecule has 1 aromatic heterocycles. The molecule has 0 aliphatic carbocycles. The van der Waals surface area contributed by atoms with Crippen LogP contribution in [0.5, 0.6) is 11.5 Å². The van der Waals surface area contributed by atoms with Crippen molar-refractivity contribution in [3.05, 3.63) is 42.9 Å². The zero-order valence-corrected chi connectivity index (χ0v) is 25.9. The van der Waals surface area contributed by atoms with Crippen LogP contribution in [0.1, 0.15) is 25.1 Å². The molecule has 1 aromatic carbocycles. The minimum absolute atomic E-state index is 0.00664. The van der Waals surface area contributed by atoms with Crippen molar-refractivity contribution in [1.29, 1.82) is 0 Å². The van der Waals surface area contributed by atoms with Gasteiger partial charge in [0.2, 0.25) is 5.60 Å². The van der Waals surface area contributed by atoms with Gasteiger partial charge in [-0.3, -0.25) is 14.5 Å². The summed E-state index contributed by atoms with van der Waals surface area (Å²) in [6, 6.07) is 0.139. The molecule has 2 atom stereocenters. The molecule has 18 heteroatoms. The molecule has 218 valence electrons. The molecule has 4 rings (SSSR count). The number of aliphatic carboxylic acids is 2. The molecule has 1 saturated heterocycles. The smallest absolute Gasteiger partial charge is 0.352 e. The number of anilines is 1. The number of aromatic hydroxyl groups is 2. The van der Waals surface area contributed by atoms with Crippen LogP contribution in [-0.2, 0) is 30.4 Å². The number of amides is 2. The number of carbonyl (C=O) groups is 4. The van der Waals surface area contributed by atoms with Crippen molar-refractivity contribution >= 4 is 89.6 Å². The van der Waals surface area contributed by atoms with E-state index in [2.05, 4.69) is 47.3 Å². The molecule has 14 nitrogen and oxygen atoms in total. The average Bonchev–Trinajstić information content (AvgIpc) is 3.33. The van der Waals surface area contributed by atoms with Crippen LogP contribution in [0.2, 0.25) is 0 Å². The van der Waals surface area contributed by atoms with E-state index in [1.54, 1.807) is 0 Å². The van der Waals surface area contributed by atoms with Gasteiger partial charge in [0.15, 0.2) is 22.3 Å². The third-order valence-electron chi connectivity index (χ3n) is 6.05. The van der Waals surface area contributed by atoms with Crippen LogP contribution in [0.4, 0.5) is 5.13 Å². The van der Waals surface area contributed by atoms with Gasteiger partial charge in [0.25, 0.3) is 11.8 Å². The quantitative estimate of drug-likeness (QED) is 0.0944. The van der Waals surface area contributed by atoms with E-state index in [0.29, 0.717) is 15.6 Å². The van der Waals surface area contributed by atoms with Crippen molar-refractivity contribution in [2.24, 2.45) is 5.16 Å². The number of fused-ring (bicyclic) bond motifs is 1. The Morgan fingerprint density at radius 2 is 1.98 bits per heavy atom. The fraction of sp³-hybridized carbons (Fsp3) is 0.304. The number of phenols is 2. The van der Waals surface area contributed by atoms with Crippen molar-refractivity contribution in [3.8, 4) is 11.5 Å². The maximum atomic E-state index is 13.2. The second-order valence-corrected chi connectivity index (χ2v) is 12.9. The maximum absolute atomic E-state index is 13.2. The third kappa shape index (κ3) is 5.86. The molecule has 1 fully saturated rings.